The van der Waals surface area contributed by atoms with Gasteiger partial charge < -0.3 is 165 Å². The molecule has 0 radical (unpaired) electrons. The number of carbonyl (C=O) groups excluding carboxylic acids is 11. The summed E-state index contributed by atoms with van der Waals surface area (Å²) >= 11 is 0. The quantitative estimate of drug-likeness (QED) is 0.0238. The van der Waals surface area contributed by atoms with Gasteiger partial charge in [0, 0.05) is 174 Å². The van der Waals surface area contributed by atoms with Crippen LogP contribution in [0, 0.1) is 37.0 Å². The van der Waals surface area contributed by atoms with Crippen LogP contribution < -0.4 is 48.4 Å². The Kier molecular flexibility index (Phi) is 59.1. The number of aromatic nitrogens is 4. The van der Waals surface area contributed by atoms with Crippen LogP contribution in [0.15, 0.2) is 12.7 Å². The van der Waals surface area contributed by atoms with E-state index < -0.39 is 226 Å². The molecule has 53 nitrogen and oxygen atoms in total. The number of fused-ring (bicyclic) bond motifs is 1. The van der Waals surface area contributed by atoms with Crippen LogP contribution in [0.1, 0.15) is 213 Å². The summed E-state index contributed by atoms with van der Waals surface area (Å²) in [5.74, 6) is -3.93. The number of ether oxygens (including phenoxy) is 10. The smallest absolute Gasteiger partial charge is 0.394 e. The Hall–Kier alpha value is -6.18. The van der Waals surface area contributed by atoms with E-state index in [1.807, 2.05) is 0 Å². The van der Waals surface area contributed by atoms with Crippen molar-refractivity contribution >= 4 is 105 Å². The molecule has 0 saturated carbocycles. The molecule has 24 atom stereocenters. The number of carbonyl (C=O) groups is 11. The zero-order valence-electron chi connectivity index (χ0n) is 83.9. The minimum atomic E-state index is -5.18. The molecule has 5 saturated heterocycles. The van der Waals surface area contributed by atoms with Gasteiger partial charge in [-0.2, -0.15) is 0 Å². The predicted octanol–water partition coefficient (Wildman–Crippen LogP) is -2.63. The average molecular weight is 2380 g/mol. The van der Waals surface area contributed by atoms with E-state index in [0.717, 1.165) is 6.33 Å². The van der Waals surface area contributed by atoms with Crippen LogP contribution in [0.5, 0.6) is 0 Å². The summed E-state index contributed by atoms with van der Waals surface area (Å²) in [5.41, 5.74) is 4.94. The van der Waals surface area contributed by atoms with Gasteiger partial charge in [-0.05, 0) is 83.5 Å². The Balaban J connectivity index is 0.0000330. The van der Waals surface area contributed by atoms with Gasteiger partial charge in [-0.25, -0.2) is 19.5 Å². The molecule has 0 aromatic carbocycles. The van der Waals surface area contributed by atoms with Crippen LogP contribution >= 0.6 is 23.4 Å². The summed E-state index contributed by atoms with van der Waals surface area (Å²) in [4.78, 5) is 178. The Labute approximate surface area is 872 Å². The van der Waals surface area contributed by atoms with E-state index in [-0.39, 0.29) is 247 Å². The number of hydrogen-bond donors (Lipinski definition) is 21. The number of unbranched alkanes of at least 4 members (excludes halogenated alkanes) is 10. The normalized spacial score (nSPS) is 26.2. The van der Waals surface area contributed by atoms with E-state index in [1.165, 1.54) is 29.6 Å². The molecule has 0 bridgehead atoms. The van der Waals surface area contributed by atoms with Crippen molar-refractivity contribution in [2.24, 2.45) is 11.4 Å². The number of aliphatic hydroxyl groups is 10. The molecule has 5 aliphatic rings. The number of phosphoric ester groups is 1. The first kappa shape index (κ1) is 127. The fraction of sp³-hybridized carbons (Fsp3) is 0.820. The van der Waals surface area contributed by atoms with Gasteiger partial charge in [0.2, 0.25) is 47.3 Å². The molecule has 832 valence electrons. The zero-order valence-corrected chi connectivity index (χ0v) is 89.9. The van der Waals surface area contributed by atoms with Gasteiger partial charge in [-0.1, -0.05) is 39.0 Å². The van der Waals surface area contributed by atoms with Gasteiger partial charge in [0.25, 0.3) is 5.52 Å². The number of likely N-dealkylation sites (tertiary alicyclic amines) is 1. The molecule has 5 aliphatic heterocycles. The average Bonchev–Trinajstić information content (AvgIpc) is 1.68. The second kappa shape index (κ2) is 68.1. The Morgan fingerprint density at radius 1 is 0.514 bits per heavy atom. The van der Waals surface area contributed by atoms with Gasteiger partial charge in [0.15, 0.2) is 30.3 Å². The fourth-order valence-electron chi connectivity index (χ4n) is 16.7. The number of ketones is 2. The first-order chi connectivity index (χ1) is 69.7. The molecule has 23 N–H and O–H groups in total. The topological polar surface area (TPSA) is 785 Å². The number of aliphatic hydroxyl groups excluding tert-OH is 10. The first-order valence-electron chi connectivity index (χ1n) is 50.1. The molecule has 5 fully saturated rings. The van der Waals surface area contributed by atoms with Crippen molar-refractivity contribution in [3.05, 3.63) is 12.7 Å². The minimum absolute atomic E-state index is 0. The van der Waals surface area contributed by atoms with Crippen LogP contribution in [0.25, 0.3) is 11.2 Å². The summed E-state index contributed by atoms with van der Waals surface area (Å²) in [6, 6.07) is -3.14. The summed E-state index contributed by atoms with van der Waals surface area (Å²) in [5, 5.41) is 121. The van der Waals surface area contributed by atoms with Crippen molar-refractivity contribution in [2.45, 2.75) is 329 Å². The van der Waals surface area contributed by atoms with Crippen molar-refractivity contribution < 1.29 is 221 Å². The van der Waals surface area contributed by atoms with Crippen LogP contribution in [0.4, 0.5) is 5.82 Å². The molecule has 0 spiro atoms. The third-order valence-corrected chi connectivity index (χ3v) is 28.0. The molecule has 7 heterocycles. The second-order valence-corrected chi connectivity index (χ2v) is 41.2. The summed E-state index contributed by atoms with van der Waals surface area (Å²) in [7, 11) is -13.4. The van der Waals surface area contributed by atoms with Crippen LogP contribution in [0.3, 0.4) is 0 Å². The summed E-state index contributed by atoms with van der Waals surface area (Å²) < 4.78 is 122. The van der Waals surface area contributed by atoms with Crippen molar-refractivity contribution in [1.29, 1.82) is 0 Å². The van der Waals surface area contributed by atoms with E-state index >= 15 is 0 Å². The van der Waals surface area contributed by atoms with Gasteiger partial charge >= 0.3 is 15.4 Å². The van der Waals surface area contributed by atoms with Crippen LogP contribution in [-0.4, -0.2) is 397 Å². The number of Topliss-reactive ketones (excluding diaryl/α,β-unsaturated/α-hetero) is 2. The van der Waals surface area contributed by atoms with Crippen molar-refractivity contribution in [3.8, 4) is 0 Å². The number of imidazole rings is 1. The van der Waals surface area contributed by atoms with Gasteiger partial charge in [0.05, 0.1) is 103 Å². The van der Waals surface area contributed by atoms with E-state index in [1.54, 1.807) is 12.4 Å². The standard InChI is InChI=1S/C89H153N14O39P3.U/c1-55-78(119)79(120)63(44-104)139-86(55)133-35-17-14-24-67(112)92-31-19-33-94-69(114)29-39-131-51-89(50-130-38-28-60(110)22-10-8-9-21-59(109)23-13-16-36-134-87-75(99-56(2)107)82(123)80(121)64(45-105)140-87,52-132-40-30-70(115)95-34-20-32-93-68(113)25-15-18-37-135-88-76(100-57(3)108)83(124)81(122)65(46-106)141-88)101-71(116)26-11-6-4-5-7-12-27-72(117)102-43-61(111)41-58(102)47-137-145(128,129)142-62-42-73(103-54-98-77-84(90)96-53-97-85(77)103)138-66(62)48-136-144(126,127)74(118)49-143(91)125;/h53-55,58,61-66,73,75-76,78-83,86-88,104-106,111,119-124,143H,4-52H2,1-3H3,(H2,91,125)(H,92,112)(H,93,113)(H,94,114)(H,95,115)(H,99,107)(H,100,108)(H,101,116)(H,126,127)(H,128,129)(H2,90,96,97);/t55?,58-,61+,62-,63?,64?,65?,66+,73+,75?,76?,78+,79-,80-,81-,82+,83+,86+,87+,88+,89?;/m0./s1/i/hD. The minimum Gasteiger partial charge on any atom is -0.394 e. The predicted molar refractivity (Wildman–Crippen MR) is 509 cm³/mol. The number of phosphoric acid groups is 1. The largest absolute Gasteiger partial charge is 0.472 e. The number of rotatable bonds is 75. The van der Waals surface area contributed by atoms with Gasteiger partial charge in [-0.3, -0.25) is 76.4 Å². The first-order valence-corrected chi connectivity index (χ1v) is 54.2. The van der Waals surface area contributed by atoms with Gasteiger partial charge in [0.1, 0.15) is 118 Å². The van der Waals surface area contributed by atoms with Gasteiger partial charge in [-0.15, -0.1) is 0 Å². The molecule has 0 aliphatic carbocycles. The van der Waals surface area contributed by atoms with Crippen molar-refractivity contribution in [2.75, 3.05) is 137 Å². The molecule has 8 amide bonds. The zero-order chi connectivity index (χ0) is 107. The Bertz CT molecular complexity index is 4380. The number of β-amino-alcohol motifs (C(OH)–C–C–N with tert-alkyl or cyclic N) is 1. The Morgan fingerprint density at radius 3 is 1.46 bits per heavy atom. The van der Waals surface area contributed by atoms with E-state index in [0.29, 0.717) is 109 Å². The Morgan fingerprint density at radius 2 is 0.952 bits per heavy atom. The molecule has 2 aromatic rings. The number of nitrogen functional groups attached to an aromatic ring is 1. The van der Waals surface area contributed by atoms with Crippen molar-refractivity contribution in [3.63, 3.8) is 0 Å². The third kappa shape index (κ3) is 45.6. The van der Waals surface area contributed by atoms with E-state index in [2.05, 4.69) is 52.2 Å². The number of nitrogens with two attached hydrogens (primary N) is 2. The number of nitrogens with zero attached hydrogens (tertiary/aromatic N) is 5. The third-order valence-electron chi connectivity index (χ3n) is 24.8. The fourth-order valence-corrected chi connectivity index (χ4v) is 19.7. The van der Waals surface area contributed by atoms with E-state index in [4.69, 9.17) is 68.1 Å². The maximum Gasteiger partial charge on any atom is 0.472 e. The number of anilines is 1. The maximum absolute atomic E-state index is 14.3. The molecule has 7 rings (SSSR count). The number of amides is 8. The summed E-state index contributed by atoms with van der Waals surface area (Å²) in [6.07, 6.45) is -10.4. The molecule has 57 heteroatoms. The monoisotopic (exact) mass is 2370 g/mol. The molecular formula is C89H153N14O39P3U. The second-order valence-electron chi connectivity index (χ2n) is 36.8. The van der Waals surface area contributed by atoms with Crippen LogP contribution in [-0.2, 0) is 127 Å². The number of nitrogens with one attached hydrogen (secondary N) is 7. The molecular weight excluding hydrogens is 2220 g/mol. The molecule has 146 heavy (non-hydrogen) atoms. The number of hydrogen-bond acceptors (Lipinski definition) is 41. The van der Waals surface area contributed by atoms with E-state index in [9.17, 15) is 127 Å². The van der Waals surface area contributed by atoms with Crippen molar-refractivity contribution in [1.82, 2.24) is 61.6 Å². The SMILES string of the molecule is [2H]N[PH](=O)CC(=O)P(=O)(O)OC[C@H]1O[C@@H](n2cnc3c(N)ncnc32)C[C@@H]1OP(=O)(O)OC[C@@H]1C[C@@H](O)CN1C(=O)CCCCCCCCC(=O)NC(COCCC(=O)CCCCCC(=O)CCCCO[C@@H]1OC(CO)[C@H](O)[C@H](O)C1NC(C)=O)(COCCC(=O)NCCCNC(=O)CCCCO[C@@H]1OC(CO)[C@H](O)[C@H](O)C1C)COCCC(=O)NCCCNC(=O)CCCCO[C@@H]1OC(CO)[C@H](O)[C@H](O)C1NC(C)=O.[U]. The van der Waals surface area contributed by atoms with Crippen LogP contribution in [0.2, 0.25) is 1.41 Å². The molecule has 2 aromatic heterocycles. The molecule has 10 unspecified atom stereocenters. The maximum atomic E-state index is 14.3. The summed E-state index contributed by atoms with van der Waals surface area (Å²) in [6.45, 7) is 0.445.